The molecule has 0 amide bonds. The van der Waals surface area contributed by atoms with Gasteiger partial charge in [0.25, 0.3) is 0 Å². The van der Waals surface area contributed by atoms with Gasteiger partial charge in [0.2, 0.25) is 0 Å². The fourth-order valence-electron chi connectivity index (χ4n) is 2.58. The number of hydrogen-bond donors (Lipinski definition) is 0. The van der Waals surface area contributed by atoms with Crippen LogP contribution in [-0.4, -0.2) is 37.2 Å². The molecule has 0 atom stereocenters. The van der Waals surface area contributed by atoms with Gasteiger partial charge in [0, 0.05) is 13.1 Å². The summed E-state index contributed by atoms with van der Waals surface area (Å²) in [5.41, 5.74) is 0. The fourth-order valence-corrected chi connectivity index (χ4v) is 2.58. The first kappa shape index (κ1) is 22.8. The quantitative estimate of drug-likeness (QED) is 0.345. The molecule has 0 radical (unpaired) electrons. The van der Waals surface area contributed by atoms with Crippen LogP contribution in [0, 0.1) is 0 Å². The molecule has 138 valence electrons. The van der Waals surface area contributed by atoms with E-state index in [-0.39, 0.29) is 0 Å². The third-order valence-corrected chi connectivity index (χ3v) is 4.18. The van der Waals surface area contributed by atoms with Gasteiger partial charge < -0.3 is 0 Å². The molecule has 0 aromatic rings. The smallest absolute Gasteiger partial charge is 0.0895 e. The average molecular weight is 335 g/mol. The van der Waals surface area contributed by atoms with E-state index in [0.29, 0.717) is 12.1 Å². The van der Waals surface area contributed by atoms with E-state index in [9.17, 15) is 0 Å². The van der Waals surface area contributed by atoms with Crippen LogP contribution in [0.2, 0.25) is 0 Å². The molecule has 1 rings (SSSR count). The van der Waals surface area contributed by atoms with Gasteiger partial charge in [0.05, 0.1) is 24.1 Å². The Balaban J connectivity index is 0.00000254. The number of aliphatic imine (C=N–C) groups is 4. The van der Waals surface area contributed by atoms with Crippen molar-refractivity contribution >= 4 is 12.0 Å². The molecule has 1 aliphatic rings. The van der Waals surface area contributed by atoms with Crippen LogP contribution in [-0.2, 0) is 0 Å². The van der Waals surface area contributed by atoms with Gasteiger partial charge in [0.1, 0.15) is 0 Å². The Kier molecular flexibility index (Phi) is 17.2. The maximum atomic E-state index is 4.42. The zero-order valence-electron chi connectivity index (χ0n) is 16.4. The van der Waals surface area contributed by atoms with Crippen LogP contribution >= 0.6 is 0 Å². The van der Waals surface area contributed by atoms with E-state index in [4.69, 9.17) is 0 Å². The maximum Gasteiger partial charge on any atom is 0.0895 e. The lowest BCUT2D eigenvalue weighted by Gasteiger charge is -2.15. The molecule has 0 N–H and O–H groups in total. The number of nitrogens with zero attached hydrogens (tertiary/aromatic N) is 4. The summed E-state index contributed by atoms with van der Waals surface area (Å²) in [6.07, 6.45) is 11.9. The Morgan fingerprint density at radius 3 is 2.00 bits per heavy atom. The number of hydrogen-bond acceptors (Lipinski definition) is 4. The Hall–Kier alpha value is -1.24. The van der Waals surface area contributed by atoms with Gasteiger partial charge in [-0.25, -0.2) is 20.0 Å². The third kappa shape index (κ3) is 13.2. The van der Waals surface area contributed by atoms with Crippen molar-refractivity contribution in [3.05, 3.63) is 0 Å². The molecule has 24 heavy (non-hydrogen) atoms. The largest absolute Gasteiger partial charge is 0.226 e. The molecule has 0 saturated heterocycles. The molecule has 1 fully saturated rings. The highest BCUT2D eigenvalue weighted by Crippen LogP contribution is 2.19. The summed E-state index contributed by atoms with van der Waals surface area (Å²) in [4.78, 5) is 17.2. The highest BCUT2D eigenvalue weighted by atomic mass is 14.8. The molecule has 4 nitrogen and oxygen atoms in total. The van der Waals surface area contributed by atoms with Crippen molar-refractivity contribution in [1.29, 1.82) is 0 Å². The first-order valence-electron chi connectivity index (χ1n) is 10.1. The molecule has 0 aliphatic heterocycles. The minimum absolute atomic E-state index is 0.390. The molecule has 0 spiro atoms. The Morgan fingerprint density at radius 2 is 1.42 bits per heavy atom. The highest BCUT2D eigenvalue weighted by molar-refractivity contribution is 5.41. The molecule has 4 heteroatoms. The van der Waals surface area contributed by atoms with E-state index in [2.05, 4.69) is 45.8 Å². The van der Waals surface area contributed by atoms with Crippen molar-refractivity contribution in [2.75, 3.05) is 13.1 Å². The second-order valence-electron chi connectivity index (χ2n) is 6.04. The molecule has 1 saturated carbocycles. The predicted molar refractivity (Wildman–Crippen MR) is 106 cm³/mol. The minimum atomic E-state index is 0.390. The first-order chi connectivity index (χ1) is 11.9. The predicted octanol–water partition coefficient (Wildman–Crippen LogP) is 6.05. The maximum absolute atomic E-state index is 4.42. The van der Waals surface area contributed by atoms with Crippen LogP contribution in [0.25, 0.3) is 0 Å². The topological polar surface area (TPSA) is 49.4 Å². The van der Waals surface area contributed by atoms with E-state index < -0.39 is 0 Å². The normalized spacial score (nSPS) is 14.0. The second-order valence-corrected chi connectivity index (χ2v) is 6.04. The lowest BCUT2D eigenvalue weighted by atomic mass is 9.96. The van der Waals surface area contributed by atoms with Crippen molar-refractivity contribution in [3.8, 4) is 0 Å². The van der Waals surface area contributed by atoms with Gasteiger partial charge >= 0.3 is 0 Å². The van der Waals surface area contributed by atoms with Gasteiger partial charge in [-0.2, -0.15) is 0 Å². The van der Waals surface area contributed by atoms with Crippen LogP contribution in [0.1, 0.15) is 91.9 Å². The molecule has 1 aliphatic carbocycles. The highest BCUT2D eigenvalue weighted by Gasteiger charge is 2.10. The van der Waals surface area contributed by atoms with Crippen LogP contribution in [0.15, 0.2) is 20.0 Å². The van der Waals surface area contributed by atoms with E-state index in [1.54, 1.807) is 0 Å². The average Bonchev–Trinajstić information content (AvgIpc) is 2.65. The number of rotatable bonds is 10. The summed E-state index contributed by atoms with van der Waals surface area (Å²) in [5.74, 6) is 0. The summed E-state index contributed by atoms with van der Waals surface area (Å²) in [6.45, 7) is 9.96. The van der Waals surface area contributed by atoms with Gasteiger partial charge in [-0.1, -0.05) is 47.0 Å². The summed E-state index contributed by atoms with van der Waals surface area (Å²) < 4.78 is 0. The van der Waals surface area contributed by atoms with E-state index in [1.165, 1.54) is 32.1 Å². The monoisotopic (exact) mass is 334 g/mol. The Labute approximate surface area is 149 Å². The lowest BCUT2D eigenvalue weighted by Crippen LogP contribution is -2.08. The molecule has 0 heterocycles. The molecular formula is C20H38N4. The summed E-state index contributed by atoms with van der Waals surface area (Å²) >= 11 is 0. The zero-order chi connectivity index (χ0) is 17.9. The Morgan fingerprint density at radius 1 is 0.833 bits per heavy atom. The first-order valence-corrected chi connectivity index (χ1v) is 10.1. The van der Waals surface area contributed by atoms with Crippen LogP contribution < -0.4 is 0 Å². The van der Waals surface area contributed by atoms with Crippen molar-refractivity contribution in [3.63, 3.8) is 0 Å². The number of unbranched alkanes of at least 4 members (excludes halogenated alkanes) is 2. The van der Waals surface area contributed by atoms with Gasteiger partial charge in [0.15, 0.2) is 0 Å². The summed E-state index contributed by atoms with van der Waals surface area (Å²) in [5, 5.41) is 0. The standard InChI is InChI=1S/C18H32N4.C2H6/c1-3-17(4-2)21-15-19-13-9-6-10-14-20-16-22-18-11-7-5-8-12-18;1-2/h17-18H,3-14H2,1-2H3;1-2H3. The van der Waals surface area contributed by atoms with Crippen molar-refractivity contribution < 1.29 is 0 Å². The van der Waals surface area contributed by atoms with E-state index >= 15 is 0 Å². The molecule has 0 unspecified atom stereocenters. The van der Waals surface area contributed by atoms with Crippen LogP contribution in [0.3, 0.4) is 0 Å². The fraction of sp³-hybridized carbons (Fsp3) is 0.900. The van der Waals surface area contributed by atoms with Crippen molar-refractivity contribution in [2.24, 2.45) is 20.0 Å². The Bertz CT molecular complexity index is 380. The van der Waals surface area contributed by atoms with Gasteiger partial charge in [-0.3, -0.25) is 0 Å². The van der Waals surface area contributed by atoms with Crippen LogP contribution in [0.5, 0.6) is 0 Å². The lowest BCUT2D eigenvalue weighted by molar-refractivity contribution is 0.444. The van der Waals surface area contributed by atoms with E-state index in [1.807, 2.05) is 13.8 Å². The third-order valence-electron chi connectivity index (χ3n) is 4.18. The molecular weight excluding hydrogens is 296 g/mol. The van der Waals surface area contributed by atoms with Gasteiger partial charge in [-0.15, -0.1) is 0 Å². The SMILES string of the molecule is CC.CCC(CC)N=C=NCCCCCN=C=NC1CCCCC1. The molecule has 0 aromatic heterocycles. The summed E-state index contributed by atoms with van der Waals surface area (Å²) in [6, 6.07) is 6.60. The van der Waals surface area contributed by atoms with Crippen LogP contribution in [0.4, 0.5) is 0 Å². The summed E-state index contributed by atoms with van der Waals surface area (Å²) in [7, 11) is 0. The zero-order valence-corrected chi connectivity index (χ0v) is 16.4. The minimum Gasteiger partial charge on any atom is -0.226 e. The molecule has 0 aromatic carbocycles. The second kappa shape index (κ2) is 18.1. The van der Waals surface area contributed by atoms with Crippen molar-refractivity contribution in [1.82, 2.24) is 0 Å². The van der Waals surface area contributed by atoms with Gasteiger partial charge in [-0.05, 0) is 44.9 Å². The van der Waals surface area contributed by atoms with Crippen molar-refractivity contribution in [2.45, 2.75) is 104 Å². The molecule has 0 bridgehead atoms. The van der Waals surface area contributed by atoms with E-state index in [0.717, 1.165) is 45.2 Å².